The van der Waals surface area contributed by atoms with Gasteiger partial charge in [-0.15, -0.1) is 12.6 Å². The third-order valence-corrected chi connectivity index (χ3v) is 9.15. The summed E-state index contributed by atoms with van der Waals surface area (Å²) >= 11 is 0. The third-order valence-electron chi connectivity index (χ3n) is 7.40. The zero-order chi connectivity index (χ0) is 41.7. The van der Waals surface area contributed by atoms with E-state index in [-0.39, 0.29) is 24.2 Å². The van der Waals surface area contributed by atoms with Gasteiger partial charge in [-0.2, -0.15) is 32.0 Å². The molecule has 0 radical (unpaired) electrons. The molecule has 0 bridgehead atoms. The van der Waals surface area contributed by atoms with Crippen LogP contribution in [-0.2, 0) is 59.5 Å². The molecule has 2 aromatic carbocycles. The van der Waals surface area contributed by atoms with Crippen molar-refractivity contribution in [2.24, 2.45) is 5.10 Å². The van der Waals surface area contributed by atoms with Crippen LogP contribution in [0.15, 0.2) is 92.9 Å². The van der Waals surface area contributed by atoms with Gasteiger partial charge in [-0.05, 0) is 60.5 Å². The Bertz CT molecular complexity index is 2620. The minimum absolute atomic E-state index is 0.176. The molecule has 25 heteroatoms. The number of hydrogen-bond acceptors (Lipinski definition) is 17. The Balaban J connectivity index is 0.00000166. The van der Waals surface area contributed by atoms with Crippen molar-refractivity contribution in [3.8, 4) is 11.6 Å². The Labute approximate surface area is 316 Å². The molecular formula is C31H24N5O17S3-. The van der Waals surface area contributed by atoms with E-state index in [1.165, 1.54) is 24.3 Å². The van der Waals surface area contributed by atoms with Gasteiger partial charge < -0.3 is 14.6 Å². The molecule has 2 aliphatic rings. The minimum Gasteiger partial charge on any atom is -0.858 e. The Morgan fingerprint density at radius 2 is 1.50 bits per heavy atom. The normalized spacial score (nSPS) is 15.6. The Kier molecular flexibility index (Phi) is 12.6. The summed E-state index contributed by atoms with van der Waals surface area (Å²) < 4.78 is 102. The van der Waals surface area contributed by atoms with E-state index in [2.05, 4.69) is 10.2 Å². The summed E-state index contributed by atoms with van der Waals surface area (Å²) in [4.78, 5) is 63.9. The number of aromatic nitrogens is 2. The summed E-state index contributed by atoms with van der Waals surface area (Å²) in [6, 6.07) is 9.13. The van der Waals surface area contributed by atoms with Gasteiger partial charge in [-0.25, -0.2) is 14.3 Å². The number of para-hydroxylation sites is 1. The van der Waals surface area contributed by atoms with Crippen LogP contribution in [0, 0.1) is 0 Å². The van der Waals surface area contributed by atoms with Gasteiger partial charge in [0.2, 0.25) is 11.8 Å². The van der Waals surface area contributed by atoms with Crippen LogP contribution in [0.5, 0.6) is 5.88 Å². The highest BCUT2D eigenvalue weighted by Crippen LogP contribution is 2.31. The highest BCUT2D eigenvalue weighted by Gasteiger charge is 2.38. The second kappa shape index (κ2) is 16.8. The fourth-order valence-corrected chi connectivity index (χ4v) is 6.19. The number of hydrogen-bond donors (Lipinski definition) is 2. The number of esters is 2. The van der Waals surface area contributed by atoms with Crippen LogP contribution >= 0.6 is 0 Å². The van der Waals surface area contributed by atoms with Crippen LogP contribution in [-0.4, -0.2) is 103 Å². The molecule has 3 aromatic rings. The minimum atomic E-state index is -4.88. The van der Waals surface area contributed by atoms with Gasteiger partial charge in [0.1, 0.15) is 4.90 Å². The molecule has 1 fully saturated rings. The van der Waals surface area contributed by atoms with Gasteiger partial charge in [-0.3, -0.25) is 28.4 Å². The first kappa shape index (κ1) is 42.1. The predicted octanol–water partition coefficient (Wildman–Crippen LogP) is -0.230. The molecule has 0 atom stereocenters. The Morgan fingerprint density at radius 3 is 2.07 bits per heavy atom. The number of benzene rings is 2. The van der Waals surface area contributed by atoms with Gasteiger partial charge in [-0.1, -0.05) is 18.2 Å². The second-order valence-corrected chi connectivity index (χ2v) is 14.0. The average Bonchev–Trinajstić information content (AvgIpc) is 3.77. The maximum Gasteiger partial charge on any atom is 0.425 e. The molecule has 0 saturated carbocycles. The number of likely N-dealkylation sites (tertiary alicyclic amines) is 1. The van der Waals surface area contributed by atoms with Crippen molar-refractivity contribution >= 4 is 78.0 Å². The fraction of sp³-hybridized carbons (Fsp3) is 0.129. The van der Waals surface area contributed by atoms with E-state index in [9.17, 15) is 55.0 Å². The fourth-order valence-electron chi connectivity index (χ4n) is 5.00. The first-order valence-electron chi connectivity index (χ1n) is 15.0. The SMILES string of the molecule is COC(=O)C1=NN(c2ccccc2S(=O)(=O)O)C(=O)C1=C/C=C(/C=C/c1c(C(=O)OC)nn(-c2cccc(S(=O)(=O)O)c2)c1[O-])N1C(=O)CCC1=O.O=S(=O)=O. The topological polar surface area (TPSA) is 323 Å². The lowest BCUT2D eigenvalue weighted by atomic mass is 10.1. The van der Waals surface area contributed by atoms with Crippen molar-refractivity contribution in [2.45, 2.75) is 22.6 Å². The molecule has 22 nitrogen and oxygen atoms in total. The van der Waals surface area contributed by atoms with Crippen LogP contribution in [0.3, 0.4) is 0 Å². The van der Waals surface area contributed by atoms with Gasteiger partial charge in [0.05, 0.1) is 41.8 Å². The molecule has 56 heavy (non-hydrogen) atoms. The zero-order valence-corrected chi connectivity index (χ0v) is 30.8. The number of ether oxygens (including phenoxy) is 2. The number of amides is 3. The molecule has 3 amide bonds. The van der Waals surface area contributed by atoms with Crippen molar-refractivity contribution in [1.82, 2.24) is 14.7 Å². The lowest BCUT2D eigenvalue weighted by molar-refractivity contribution is -0.278. The van der Waals surface area contributed by atoms with E-state index in [1.807, 2.05) is 0 Å². The van der Waals surface area contributed by atoms with Crippen molar-refractivity contribution in [1.29, 1.82) is 0 Å². The lowest BCUT2D eigenvalue weighted by Crippen LogP contribution is -2.27. The third kappa shape index (κ3) is 9.16. The number of carbonyl (C=O) groups excluding carboxylic acids is 5. The van der Waals surface area contributed by atoms with Crippen LogP contribution in [0.4, 0.5) is 5.69 Å². The number of methoxy groups -OCH3 is 2. The van der Waals surface area contributed by atoms with Crippen molar-refractivity contribution in [3.63, 3.8) is 0 Å². The molecule has 0 spiro atoms. The van der Waals surface area contributed by atoms with Crippen LogP contribution in [0.1, 0.15) is 28.9 Å². The summed E-state index contributed by atoms with van der Waals surface area (Å²) in [5, 5.41) is 21.9. The van der Waals surface area contributed by atoms with E-state index < -0.39 is 104 Å². The molecular weight excluding hydrogens is 811 g/mol. The average molecular weight is 835 g/mol. The second-order valence-electron chi connectivity index (χ2n) is 10.8. The lowest BCUT2D eigenvalue weighted by Gasteiger charge is -2.16. The predicted molar refractivity (Wildman–Crippen MR) is 183 cm³/mol. The molecule has 1 aromatic heterocycles. The summed E-state index contributed by atoms with van der Waals surface area (Å²) in [5.41, 5.74) is -3.05. The van der Waals surface area contributed by atoms with E-state index in [4.69, 9.17) is 22.1 Å². The van der Waals surface area contributed by atoms with E-state index in [1.54, 1.807) is 0 Å². The van der Waals surface area contributed by atoms with Crippen molar-refractivity contribution < 1.29 is 77.1 Å². The first-order valence-corrected chi connectivity index (χ1v) is 18.9. The van der Waals surface area contributed by atoms with Crippen LogP contribution < -0.4 is 10.1 Å². The molecule has 1 saturated heterocycles. The summed E-state index contributed by atoms with van der Waals surface area (Å²) in [6.45, 7) is 0. The number of carbonyl (C=O) groups is 5. The molecule has 0 aliphatic carbocycles. The number of imide groups is 1. The van der Waals surface area contributed by atoms with E-state index >= 15 is 0 Å². The largest absolute Gasteiger partial charge is 0.858 e. The molecule has 2 aliphatic heterocycles. The highest BCUT2D eigenvalue weighted by atomic mass is 32.2. The number of anilines is 1. The van der Waals surface area contributed by atoms with Crippen LogP contribution in [0.2, 0.25) is 0 Å². The first-order chi connectivity index (χ1) is 26.2. The highest BCUT2D eigenvalue weighted by molar-refractivity contribution is 7.86. The van der Waals surface area contributed by atoms with Gasteiger partial charge >= 0.3 is 22.5 Å². The van der Waals surface area contributed by atoms with Gasteiger partial charge in [0, 0.05) is 18.4 Å². The van der Waals surface area contributed by atoms with Crippen LogP contribution in [0.25, 0.3) is 11.8 Å². The molecule has 5 rings (SSSR count). The Hall–Kier alpha value is -6.67. The number of hydrazone groups is 1. The van der Waals surface area contributed by atoms with E-state index in [0.717, 1.165) is 62.8 Å². The van der Waals surface area contributed by atoms with Crippen molar-refractivity contribution in [3.05, 3.63) is 89.3 Å². The summed E-state index contributed by atoms with van der Waals surface area (Å²) in [7, 11) is -10.7. The van der Waals surface area contributed by atoms with E-state index in [0.29, 0.717) is 14.6 Å². The zero-order valence-electron chi connectivity index (χ0n) is 28.3. The van der Waals surface area contributed by atoms with Gasteiger partial charge in [0.25, 0.3) is 26.1 Å². The monoisotopic (exact) mass is 834 g/mol. The number of nitrogens with zero attached hydrogens (tertiary/aromatic N) is 5. The maximum atomic E-state index is 13.6. The summed E-state index contributed by atoms with van der Waals surface area (Å²) in [6.07, 6.45) is 3.61. The Morgan fingerprint density at radius 1 is 0.893 bits per heavy atom. The summed E-state index contributed by atoms with van der Waals surface area (Å²) in [5.74, 6) is -5.73. The number of rotatable bonds is 10. The number of allylic oxidation sites excluding steroid dienone is 3. The van der Waals surface area contributed by atoms with Crippen molar-refractivity contribution in [2.75, 3.05) is 19.2 Å². The molecule has 3 heterocycles. The van der Waals surface area contributed by atoms with Gasteiger partial charge in [0.15, 0.2) is 11.4 Å². The quantitative estimate of drug-likeness (QED) is 0.0876. The molecule has 0 unspecified atom stereocenters. The molecule has 294 valence electrons. The standard InChI is InChI=1S/C31H25N5O14S2.O3S/c1-49-30(41)26-20(28(39)35(32-26)18-6-5-7-19(16-18)51(43,44)45)12-10-17(34-24(37)14-15-25(34)38)11-13-21-27(31(42)50-2)33-36(29(21)40)22-8-3-4-9-23(22)52(46,47)48;1-4(2)3/h3-13,16,39H,14-15H2,1-2H3,(H,43,44,45)(H,46,47,48);/p-1/b12-10+,17-11-,21-13?;. The smallest absolute Gasteiger partial charge is 0.425 e. The molecule has 2 N–H and O–H groups in total. The maximum absolute atomic E-state index is 13.6.